The average Bonchev–Trinajstić information content (AvgIpc) is 3.08. The summed E-state index contributed by atoms with van der Waals surface area (Å²) in [5.41, 5.74) is 1.49. The van der Waals surface area contributed by atoms with E-state index in [1.54, 1.807) is 66.4 Å². The van der Waals surface area contributed by atoms with Gasteiger partial charge in [-0.2, -0.15) is 0 Å². The SMILES string of the molecule is C=CCN1C(=S)N(c2ccc(C(=O)OCC)cc2)C(=O)[C@@H]1CC(=O)Nc1ccc(OCCC)cc1. The van der Waals surface area contributed by atoms with E-state index in [2.05, 4.69) is 11.9 Å². The van der Waals surface area contributed by atoms with Crippen molar-refractivity contribution in [1.29, 1.82) is 0 Å². The van der Waals surface area contributed by atoms with E-state index in [-0.39, 0.29) is 30.0 Å². The monoisotopic (exact) mass is 495 g/mol. The number of hydrogen-bond acceptors (Lipinski definition) is 6. The van der Waals surface area contributed by atoms with Crippen LogP contribution in [-0.2, 0) is 14.3 Å². The predicted molar refractivity (Wildman–Crippen MR) is 139 cm³/mol. The lowest BCUT2D eigenvalue weighted by Gasteiger charge is -2.22. The number of carbonyl (C=O) groups is 3. The van der Waals surface area contributed by atoms with E-state index in [4.69, 9.17) is 21.7 Å². The van der Waals surface area contributed by atoms with Gasteiger partial charge in [0.25, 0.3) is 5.91 Å². The summed E-state index contributed by atoms with van der Waals surface area (Å²) in [5.74, 6) is -0.355. The fourth-order valence-electron chi connectivity index (χ4n) is 3.62. The molecule has 0 bridgehead atoms. The molecule has 35 heavy (non-hydrogen) atoms. The lowest BCUT2D eigenvalue weighted by atomic mass is 10.1. The van der Waals surface area contributed by atoms with Gasteiger partial charge in [-0.15, -0.1) is 6.58 Å². The summed E-state index contributed by atoms with van der Waals surface area (Å²) in [6, 6.07) is 12.7. The zero-order valence-corrected chi connectivity index (χ0v) is 20.7. The Balaban J connectivity index is 1.72. The molecule has 1 fully saturated rings. The van der Waals surface area contributed by atoms with Crippen LogP contribution in [0.1, 0.15) is 37.0 Å². The molecule has 1 aliphatic heterocycles. The van der Waals surface area contributed by atoms with Gasteiger partial charge in [0.2, 0.25) is 5.91 Å². The van der Waals surface area contributed by atoms with Gasteiger partial charge in [0.1, 0.15) is 11.8 Å². The summed E-state index contributed by atoms with van der Waals surface area (Å²) in [4.78, 5) is 41.1. The number of amides is 2. The highest BCUT2D eigenvalue weighted by atomic mass is 32.1. The quantitative estimate of drug-likeness (QED) is 0.284. The Morgan fingerprint density at radius 2 is 1.80 bits per heavy atom. The Hall–Kier alpha value is -3.72. The molecule has 1 heterocycles. The van der Waals surface area contributed by atoms with E-state index in [1.807, 2.05) is 6.92 Å². The number of ether oxygens (including phenoxy) is 2. The van der Waals surface area contributed by atoms with E-state index >= 15 is 0 Å². The fraction of sp³-hybridized carbons (Fsp3) is 0.308. The van der Waals surface area contributed by atoms with Crippen molar-refractivity contribution in [2.24, 2.45) is 0 Å². The number of rotatable bonds is 11. The number of nitrogens with one attached hydrogen (secondary N) is 1. The van der Waals surface area contributed by atoms with Gasteiger partial charge < -0.3 is 19.7 Å². The second-order valence-electron chi connectivity index (χ2n) is 7.81. The molecule has 0 aromatic heterocycles. The minimum atomic E-state index is -0.780. The normalized spacial score (nSPS) is 15.2. The first-order valence-electron chi connectivity index (χ1n) is 11.4. The summed E-state index contributed by atoms with van der Waals surface area (Å²) >= 11 is 5.57. The van der Waals surface area contributed by atoms with E-state index in [0.29, 0.717) is 30.1 Å². The molecule has 2 aromatic carbocycles. The second-order valence-corrected chi connectivity index (χ2v) is 8.17. The molecule has 2 aromatic rings. The van der Waals surface area contributed by atoms with Crippen LogP contribution in [-0.4, -0.2) is 53.6 Å². The molecule has 1 saturated heterocycles. The van der Waals surface area contributed by atoms with Crippen LogP contribution in [0.15, 0.2) is 61.2 Å². The molecule has 1 atom stereocenters. The lowest BCUT2D eigenvalue weighted by Crippen LogP contribution is -2.37. The predicted octanol–water partition coefficient (Wildman–Crippen LogP) is 4.17. The van der Waals surface area contributed by atoms with Gasteiger partial charge in [-0.3, -0.25) is 14.5 Å². The van der Waals surface area contributed by atoms with Crippen LogP contribution in [0.2, 0.25) is 0 Å². The molecule has 0 saturated carbocycles. The van der Waals surface area contributed by atoms with Crippen molar-refractivity contribution < 1.29 is 23.9 Å². The van der Waals surface area contributed by atoms with Gasteiger partial charge in [0.05, 0.1) is 30.9 Å². The number of thiocarbonyl (C=S) groups is 1. The Morgan fingerprint density at radius 3 is 2.40 bits per heavy atom. The Morgan fingerprint density at radius 1 is 1.11 bits per heavy atom. The number of esters is 1. The van der Waals surface area contributed by atoms with Gasteiger partial charge in [-0.05, 0) is 74.1 Å². The van der Waals surface area contributed by atoms with Crippen molar-refractivity contribution in [3.63, 3.8) is 0 Å². The Labute approximate surface area is 210 Å². The van der Waals surface area contributed by atoms with Gasteiger partial charge >= 0.3 is 5.97 Å². The van der Waals surface area contributed by atoms with Crippen molar-refractivity contribution in [3.8, 4) is 5.75 Å². The zero-order valence-electron chi connectivity index (χ0n) is 19.9. The molecule has 9 heteroatoms. The van der Waals surface area contributed by atoms with Crippen molar-refractivity contribution in [2.45, 2.75) is 32.7 Å². The summed E-state index contributed by atoms with van der Waals surface area (Å²) in [6.07, 6.45) is 2.45. The fourth-order valence-corrected chi connectivity index (χ4v) is 4.02. The molecule has 3 rings (SSSR count). The van der Waals surface area contributed by atoms with E-state index in [0.717, 1.165) is 12.2 Å². The number of carbonyl (C=O) groups excluding carboxylic acids is 3. The van der Waals surface area contributed by atoms with Gasteiger partial charge in [0, 0.05) is 12.2 Å². The van der Waals surface area contributed by atoms with Crippen LogP contribution in [0, 0.1) is 0 Å². The van der Waals surface area contributed by atoms with Crippen LogP contribution in [0.4, 0.5) is 11.4 Å². The molecule has 1 aliphatic rings. The van der Waals surface area contributed by atoms with Crippen LogP contribution >= 0.6 is 12.2 Å². The zero-order chi connectivity index (χ0) is 25.4. The van der Waals surface area contributed by atoms with E-state index in [1.165, 1.54) is 4.90 Å². The summed E-state index contributed by atoms with van der Waals surface area (Å²) in [5, 5.41) is 3.10. The molecule has 0 radical (unpaired) electrons. The van der Waals surface area contributed by atoms with Gasteiger partial charge in [-0.25, -0.2) is 4.79 Å². The minimum absolute atomic E-state index is 0.0850. The van der Waals surface area contributed by atoms with Crippen LogP contribution in [0.5, 0.6) is 5.75 Å². The van der Waals surface area contributed by atoms with Crippen molar-refractivity contribution in [3.05, 3.63) is 66.7 Å². The van der Waals surface area contributed by atoms with E-state index < -0.39 is 12.0 Å². The van der Waals surface area contributed by atoms with Crippen LogP contribution < -0.4 is 15.0 Å². The molecule has 0 spiro atoms. The summed E-state index contributed by atoms with van der Waals surface area (Å²) in [7, 11) is 0. The lowest BCUT2D eigenvalue weighted by molar-refractivity contribution is -0.124. The Kier molecular flexibility index (Phi) is 8.97. The maximum absolute atomic E-state index is 13.3. The van der Waals surface area contributed by atoms with E-state index in [9.17, 15) is 14.4 Å². The summed E-state index contributed by atoms with van der Waals surface area (Å²) < 4.78 is 10.6. The smallest absolute Gasteiger partial charge is 0.338 e. The first-order valence-corrected chi connectivity index (χ1v) is 11.9. The first kappa shape index (κ1) is 25.9. The number of anilines is 2. The highest BCUT2D eigenvalue weighted by Gasteiger charge is 2.43. The minimum Gasteiger partial charge on any atom is -0.494 e. The number of benzene rings is 2. The summed E-state index contributed by atoms with van der Waals surface area (Å²) in [6.45, 7) is 8.71. The van der Waals surface area contributed by atoms with Crippen molar-refractivity contribution >= 4 is 46.5 Å². The van der Waals surface area contributed by atoms with Crippen molar-refractivity contribution in [2.75, 3.05) is 30.0 Å². The third-order valence-electron chi connectivity index (χ3n) is 5.27. The standard InChI is InChI=1S/C26H29N3O5S/c1-4-15-28-22(17-23(30)27-19-9-13-21(14-10-19)34-16-5-2)24(31)29(26(28)35)20-11-7-18(8-12-20)25(32)33-6-3/h4,7-14,22H,1,5-6,15-17H2,2-3H3,(H,27,30)/t22-/m0/s1. The molecular formula is C26H29N3O5S. The Bertz CT molecular complexity index is 1090. The molecule has 184 valence electrons. The third-order valence-corrected chi connectivity index (χ3v) is 5.69. The van der Waals surface area contributed by atoms with Crippen LogP contribution in [0.25, 0.3) is 0 Å². The van der Waals surface area contributed by atoms with Crippen molar-refractivity contribution in [1.82, 2.24) is 4.90 Å². The average molecular weight is 496 g/mol. The third kappa shape index (κ3) is 6.24. The number of nitrogens with zero attached hydrogens (tertiary/aromatic N) is 2. The molecule has 0 aliphatic carbocycles. The molecular weight excluding hydrogens is 466 g/mol. The van der Waals surface area contributed by atoms with Gasteiger partial charge in [0.15, 0.2) is 5.11 Å². The van der Waals surface area contributed by atoms with Gasteiger partial charge in [-0.1, -0.05) is 13.0 Å². The molecule has 0 unspecified atom stereocenters. The largest absolute Gasteiger partial charge is 0.494 e. The number of hydrogen-bond donors (Lipinski definition) is 1. The maximum atomic E-state index is 13.3. The maximum Gasteiger partial charge on any atom is 0.338 e. The molecule has 8 nitrogen and oxygen atoms in total. The highest BCUT2D eigenvalue weighted by molar-refractivity contribution is 7.80. The first-order chi connectivity index (χ1) is 16.9. The highest BCUT2D eigenvalue weighted by Crippen LogP contribution is 2.28. The van der Waals surface area contributed by atoms with Crippen LogP contribution in [0.3, 0.4) is 0 Å². The molecule has 2 amide bonds. The topological polar surface area (TPSA) is 88.2 Å². The molecule has 1 N–H and O–H groups in total. The second kappa shape index (κ2) is 12.1.